The second-order valence-corrected chi connectivity index (χ2v) is 5.59. The van der Waals surface area contributed by atoms with Gasteiger partial charge in [-0.3, -0.25) is 0 Å². The third-order valence-electron chi connectivity index (χ3n) is 2.34. The van der Waals surface area contributed by atoms with Crippen LogP contribution in [0.2, 0.25) is 10.2 Å². The fourth-order valence-electron chi connectivity index (χ4n) is 1.43. The Balaban J connectivity index is 2.06. The van der Waals surface area contributed by atoms with Crippen molar-refractivity contribution < 1.29 is 13.9 Å². The molecule has 6 nitrogen and oxygen atoms in total. The molecule has 112 valence electrons. The fourth-order valence-corrected chi connectivity index (χ4v) is 3.05. The van der Waals surface area contributed by atoms with Crippen LogP contribution in [-0.2, 0) is 10.5 Å². The molecule has 0 spiro atoms. The maximum atomic E-state index is 11.4. The number of rotatable bonds is 5. The summed E-state index contributed by atoms with van der Waals surface area (Å²) in [4.78, 5) is 15.5. The summed E-state index contributed by atoms with van der Waals surface area (Å²) < 4.78 is 9.94. The topological polar surface area (TPSA) is 78.1 Å². The summed E-state index contributed by atoms with van der Waals surface area (Å²) in [7, 11) is 0. The highest BCUT2D eigenvalue weighted by molar-refractivity contribution is 7.98. The highest BCUT2D eigenvalue weighted by Crippen LogP contribution is 2.30. The summed E-state index contributed by atoms with van der Waals surface area (Å²) in [5, 5.41) is 8.44. The first kappa shape index (κ1) is 16.1. The normalized spacial score (nSPS) is 10.7. The van der Waals surface area contributed by atoms with Gasteiger partial charge in [0.05, 0.1) is 6.61 Å². The van der Waals surface area contributed by atoms with Gasteiger partial charge in [0.1, 0.15) is 5.15 Å². The van der Waals surface area contributed by atoms with E-state index in [9.17, 15) is 4.79 Å². The second-order valence-electron chi connectivity index (χ2n) is 3.90. The average Bonchev–Trinajstić information content (AvgIpc) is 2.86. The molecule has 0 saturated carbocycles. The van der Waals surface area contributed by atoms with Crippen LogP contribution in [0.4, 0.5) is 0 Å². The summed E-state index contributed by atoms with van der Waals surface area (Å²) in [6, 6.07) is 1.72. The molecule has 0 atom stereocenters. The molecule has 0 amide bonds. The Morgan fingerprint density at radius 2 is 2.19 bits per heavy atom. The SMILES string of the molecule is CCOC(=O)c1nnc(SCc2c(Cl)cc(C)nc2Cl)o1. The van der Waals surface area contributed by atoms with E-state index in [1.54, 1.807) is 19.9 Å². The first-order chi connectivity index (χ1) is 10.0. The number of hydrogen-bond acceptors (Lipinski definition) is 7. The molecule has 0 saturated heterocycles. The van der Waals surface area contributed by atoms with E-state index in [2.05, 4.69) is 15.2 Å². The lowest BCUT2D eigenvalue weighted by atomic mass is 10.3. The number of esters is 1. The van der Waals surface area contributed by atoms with E-state index in [1.165, 1.54) is 11.8 Å². The predicted octanol–water partition coefficient (Wildman–Crippen LogP) is 3.55. The van der Waals surface area contributed by atoms with E-state index in [1.807, 2.05) is 0 Å². The van der Waals surface area contributed by atoms with Gasteiger partial charge in [-0.25, -0.2) is 9.78 Å². The number of carbonyl (C=O) groups is 1. The van der Waals surface area contributed by atoms with Crippen molar-refractivity contribution in [1.29, 1.82) is 0 Å². The Morgan fingerprint density at radius 3 is 2.86 bits per heavy atom. The molecule has 2 heterocycles. The number of aromatic nitrogens is 3. The molecule has 2 rings (SSSR count). The number of ether oxygens (including phenoxy) is 1. The van der Waals surface area contributed by atoms with E-state index in [0.29, 0.717) is 21.5 Å². The van der Waals surface area contributed by atoms with Crippen molar-refractivity contribution in [3.8, 4) is 0 Å². The van der Waals surface area contributed by atoms with Crippen LogP contribution in [0, 0.1) is 6.92 Å². The highest BCUT2D eigenvalue weighted by Gasteiger charge is 2.17. The van der Waals surface area contributed by atoms with Gasteiger partial charge in [0.15, 0.2) is 0 Å². The van der Waals surface area contributed by atoms with Crippen LogP contribution in [0.1, 0.15) is 28.9 Å². The molecule has 0 fully saturated rings. The van der Waals surface area contributed by atoms with Gasteiger partial charge < -0.3 is 9.15 Å². The Morgan fingerprint density at radius 1 is 1.43 bits per heavy atom. The largest absolute Gasteiger partial charge is 0.459 e. The van der Waals surface area contributed by atoms with Crippen molar-refractivity contribution >= 4 is 40.9 Å². The fraction of sp³-hybridized carbons (Fsp3) is 0.333. The standard InChI is InChI=1S/C12H11Cl2N3O3S/c1-3-19-11(18)10-16-17-12(20-10)21-5-7-8(13)4-6(2)15-9(7)14/h4H,3,5H2,1-2H3. The molecule has 21 heavy (non-hydrogen) atoms. The molecule has 0 aliphatic carbocycles. The molecule has 9 heteroatoms. The van der Waals surface area contributed by atoms with E-state index in [0.717, 1.165) is 5.69 Å². The molecular weight excluding hydrogens is 337 g/mol. The molecule has 0 radical (unpaired) electrons. The zero-order chi connectivity index (χ0) is 15.4. The van der Waals surface area contributed by atoms with Gasteiger partial charge in [-0.05, 0) is 19.9 Å². The van der Waals surface area contributed by atoms with Crippen LogP contribution in [-0.4, -0.2) is 27.8 Å². The minimum absolute atomic E-state index is 0.182. The summed E-state index contributed by atoms with van der Waals surface area (Å²) in [5.74, 6) is -0.432. The van der Waals surface area contributed by atoms with Crippen LogP contribution in [0.3, 0.4) is 0 Å². The van der Waals surface area contributed by atoms with Crippen molar-refractivity contribution in [2.45, 2.75) is 24.8 Å². The number of carbonyl (C=O) groups excluding carboxylic acids is 1. The Hall–Kier alpha value is -1.31. The number of hydrogen-bond donors (Lipinski definition) is 0. The second kappa shape index (κ2) is 7.11. The number of thioether (sulfide) groups is 1. The molecule has 2 aromatic rings. The predicted molar refractivity (Wildman–Crippen MR) is 78.8 cm³/mol. The van der Waals surface area contributed by atoms with Gasteiger partial charge in [-0.1, -0.05) is 40.1 Å². The van der Waals surface area contributed by atoms with Crippen molar-refractivity contribution in [2.24, 2.45) is 0 Å². The highest BCUT2D eigenvalue weighted by atomic mass is 35.5. The molecule has 0 aliphatic rings. The summed E-state index contributed by atoms with van der Waals surface area (Å²) in [6.45, 7) is 3.74. The lowest BCUT2D eigenvalue weighted by Crippen LogP contribution is -2.04. The number of aryl methyl sites for hydroxylation is 1. The van der Waals surface area contributed by atoms with Crippen molar-refractivity contribution in [3.63, 3.8) is 0 Å². The number of halogens is 2. The smallest absolute Gasteiger partial charge is 0.396 e. The van der Waals surface area contributed by atoms with Crippen LogP contribution >= 0.6 is 35.0 Å². The zero-order valence-electron chi connectivity index (χ0n) is 11.2. The third kappa shape index (κ3) is 4.09. The van der Waals surface area contributed by atoms with Gasteiger partial charge in [0, 0.05) is 22.0 Å². The molecule has 0 unspecified atom stereocenters. The minimum atomic E-state index is -0.648. The zero-order valence-corrected chi connectivity index (χ0v) is 13.6. The lowest BCUT2D eigenvalue weighted by molar-refractivity contribution is 0.0475. The number of pyridine rings is 1. The van der Waals surface area contributed by atoms with Crippen LogP contribution in [0.15, 0.2) is 15.7 Å². The van der Waals surface area contributed by atoms with Crippen molar-refractivity contribution in [3.05, 3.63) is 33.4 Å². The van der Waals surface area contributed by atoms with Crippen LogP contribution in [0.5, 0.6) is 0 Å². The van der Waals surface area contributed by atoms with Gasteiger partial charge in [0.2, 0.25) is 0 Å². The minimum Gasteiger partial charge on any atom is -0.459 e. The monoisotopic (exact) mass is 347 g/mol. The van der Waals surface area contributed by atoms with Gasteiger partial charge in [-0.15, -0.1) is 5.10 Å². The van der Waals surface area contributed by atoms with E-state index in [4.69, 9.17) is 32.4 Å². The number of nitrogens with zero attached hydrogens (tertiary/aromatic N) is 3. The Kier molecular flexibility index (Phi) is 5.44. The van der Waals surface area contributed by atoms with E-state index in [-0.39, 0.29) is 17.7 Å². The lowest BCUT2D eigenvalue weighted by Gasteiger charge is -2.05. The third-order valence-corrected chi connectivity index (χ3v) is 3.84. The maximum Gasteiger partial charge on any atom is 0.396 e. The molecular formula is C12H11Cl2N3O3S. The molecule has 0 aromatic carbocycles. The van der Waals surface area contributed by atoms with Crippen LogP contribution < -0.4 is 0 Å². The van der Waals surface area contributed by atoms with Crippen molar-refractivity contribution in [2.75, 3.05) is 6.61 Å². The molecule has 2 aromatic heterocycles. The Bertz CT molecular complexity index is 640. The quantitative estimate of drug-likeness (QED) is 0.464. The van der Waals surface area contributed by atoms with E-state index >= 15 is 0 Å². The van der Waals surface area contributed by atoms with Gasteiger partial charge in [0.25, 0.3) is 5.22 Å². The van der Waals surface area contributed by atoms with Gasteiger partial charge >= 0.3 is 11.9 Å². The first-order valence-electron chi connectivity index (χ1n) is 5.96. The first-order valence-corrected chi connectivity index (χ1v) is 7.70. The van der Waals surface area contributed by atoms with Crippen molar-refractivity contribution in [1.82, 2.24) is 15.2 Å². The van der Waals surface area contributed by atoms with Crippen LogP contribution in [0.25, 0.3) is 0 Å². The molecule has 0 aliphatic heterocycles. The summed E-state index contributed by atoms with van der Waals surface area (Å²) >= 11 is 13.4. The maximum absolute atomic E-state index is 11.4. The molecule has 0 bridgehead atoms. The van der Waals surface area contributed by atoms with Gasteiger partial charge in [-0.2, -0.15) is 0 Å². The Labute approximate surface area is 135 Å². The summed E-state index contributed by atoms with van der Waals surface area (Å²) in [5.41, 5.74) is 1.41. The average molecular weight is 348 g/mol. The summed E-state index contributed by atoms with van der Waals surface area (Å²) in [6.07, 6.45) is 0. The molecule has 0 N–H and O–H groups in total. The van der Waals surface area contributed by atoms with E-state index < -0.39 is 5.97 Å².